The van der Waals surface area contributed by atoms with E-state index in [0.717, 1.165) is 16.5 Å². The molecule has 0 saturated carbocycles. The molecule has 0 spiro atoms. The first-order valence-electron chi connectivity index (χ1n) is 12.2. The van der Waals surface area contributed by atoms with Gasteiger partial charge in [-0.05, 0) is 36.8 Å². The molecule has 4 unspecified atom stereocenters. The Morgan fingerprint density at radius 1 is 1.16 bits per heavy atom. The number of benzene rings is 1. The van der Waals surface area contributed by atoms with E-state index < -0.39 is 60.2 Å². The minimum Gasteiger partial charge on any atom is -0.480 e. The number of carboxylic acids is 1. The zero-order chi connectivity index (χ0) is 27.3. The summed E-state index contributed by atoms with van der Waals surface area (Å²) in [5.41, 5.74) is 13.2. The Morgan fingerprint density at radius 2 is 1.86 bits per heavy atom. The van der Waals surface area contributed by atoms with Gasteiger partial charge in [0, 0.05) is 23.6 Å². The molecule has 1 aliphatic heterocycles. The van der Waals surface area contributed by atoms with Crippen LogP contribution in [0.1, 0.15) is 38.7 Å². The van der Waals surface area contributed by atoms with Gasteiger partial charge < -0.3 is 37.1 Å². The van der Waals surface area contributed by atoms with Crippen molar-refractivity contribution in [2.45, 2.75) is 63.7 Å². The zero-order valence-electron chi connectivity index (χ0n) is 20.9. The lowest BCUT2D eigenvalue weighted by molar-refractivity contribution is -0.146. The van der Waals surface area contributed by atoms with Crippen molar-refractivity contribution in [3.8, 4) is 0 Å². The number of carbonyl (C=O) groups is 5. The van der Waals surface area contributed by atoms with Crippen LogP contribution in [0.25, 0.3) is 10.9 Å². The number of aliphatic carboxylic acids is 1. The van der Waals surface area contributed by atoms with Crippen molar-refractivity contribution >= 4 is 40.5 Å². The third-order valence-electron chi connectivity index (χ3n) is 6.54. The van der Waals surface area contributed by atoms with E-state index >= 15 is 0 Å². The summed E-state index contributed by atoms with van der Waals surface area (Å²) in [5.74, 6) is -4.26. The third-order valence-corrected chi connectivity index (χ3v) is 6.54. The van der Waals surface area contributed by atoms with E-state index in [0.29, 0.717) is 12.8 Å². The first-order valence-corrected chi connectivity index (χ1v) is 12.2. The second-order valence-electron chi connectivity index (χ2n) is 9.66. The molecule has 2 heterocycles. The molecule has 1 aliphatic rings. The molecule has 37 heavy (non-hydrogen) atoms. The second kappa shape index (κ2) is 11.9. The predicted molar refractivity (Wildman–Crippen MR) is 135 cm³/mol. The Balaban J connectivity index is 1.71. The summed E-state index contributed by atoms with van der Waals surface area (Å²) in [6.07, 6.45) is 2.30. The predicted octanol–water partition coefficient (Wildman–Crippen LogP) is -0.386. The van der Waals surface area contributed by atoms with Gasteiger partial charge in [0.2, 0.25) is 23.6 Å². The van der Waals surface area contributed by atoms with Gasteiger partial charge in [0.1, 0.15) is 18.1 Å². The van der Waals surface area contributed by atoms with Gasteiger partial charge >= 0.3 is 5.97 Å². The number of aromatic nitrogens is 1. The van der Waals surface area contributed by atoms with Gasteiger partial charge in [-0.3, -0.25) is 19.2 Å². The van der Waals surface area contributed by atoms with Gasteiger partial charge in [-0.1, -0.05) is 32.0 Å². The Morgan fingerprint density at radius 3 is 2.51 bits per heavy atom. The molecule has 1 aromatic carbocycles. The Hall–Kier alpha value is -3.93. The first-order chi connectivity index (χ1) is 17.5. The topological polar surface area (TPSA) is 201 Å². The number of nitrogens with zero attached hydrogens (tertiary/aromatic N) is 1. The van der Waals surface area contributed by atoms with E-state index in [1.54, 1.807) is 20.0 Å². The van der Waals surface area contributed by atoms with Crippen molar-refractivity contribution < 1.29 is 29.1 Å². The molecular formula is C25H34N6O6. The van der Waals surface area contributed by atoms with E-state index in [9.17, 15) is 29.1 Å². The Bertz CT molecular complexity index is 1180. The van der Waals surface area contributed by atoms with Crippen LogP contribution in [0, 0.1) is 5.92 Å². The average Bonchev–Trinajstić information content (AvgIpc) is 3.48. The van der Waals surface area contributed by atoms with E-state index in [1.165, 1.54) is 4.90 Å². The van der Waals surface area contributed by atoms with Crippen molar-refractivity contribution in [1.29, 1.82) is 0 Å². The smallest absolute Gasteiger partial charge is 0.326 e. The van der Waals surface area contributed by atoms with Gasteiger partial charge in [-0.25, -0.2) is 4.79 Å². The van der Waals surface area contributed by atoms with Crippen LogP contribution in [0.4, 0.5) is 0 Å². The fourth-order valence-corrected chi connectivity index (χ4v) is 4.58. The highest BCUT2D eigenvalue weighted by Gasteiger charge is 2.40. The molecule has 4 amide bonds. The highest BCUT2D eigenvalue weighted by Crippen LogP contribution is 2.21. The maximum absolute atomic E-state index is 13.4. The van der Waals surface area contributed by atoms with Gasteiger partial charge in [0.15, 0.2) is 0 Å². The Kier molecular flexibility index (Phi) is 8.87. The van der Waals surface area contributed by atoms with Crippen molar-refractivity contribution in [1.82, 2.24) is 20.5 Å². The van der Waals surface area contributed by atoms with Crippen LogP contribution < -0.4 is 22.1 Å². The molecule has 0 aliphatic carbocycles. The molecule has 0 bridgehead atoms. The summed E-state index contributed by atoms with van der Waals surface area (Å²) in [6.45, 7) is 3.53. The van der Waals surface area contributed by atoms with Crippen molar-refractivity contribution in [2.24, 2.45) is 17.4 Å². The molecule has 12 heteroatoms. The highest BCUT2D eigenvalue weighted by molar-refractivity contribution is 5.96. The largest absolute Gasteiger partial charge is 0.480 e. The number of H-pyrrole nitrogens is 1. The number of nitrogens with two attached hydrogens (primary N) is 2. The molecule has 2 aromatic rings. The number of amides is 4. The number of rotatable bonds is 11. The van der Waals surface area contributed by atoms with E-state index in [4.69, 9.17) is 11.5 Å². The number of para-hydroxylation sites is 1. The minimum atomic E-state index is -1.31. The van der Waals surface area contributed by atoms with Crippen molar-refractivity contribution in [3.63, 3.8) is 0 Å². The fourth-order valence-electron chi connectivity index (χ4n) is 4.58. The van der Waals surface area contributed by atoms with Gasteiger partial charge in [-0.2, -0.15) is 0 Å². The lowest BCUT2D eigenvalue weighted by Crippen LogP contribution is -2.58. The van der Waals surface area contributed by atoms with E-state index in [-0.39, 0.29) is 18.9 Å². The fraction of sp³-hybridized carbons (Fsp3) is 0.480. The van der Waals surface area contributed by atoms with Crippen LogP contribution >= 0.6 is 0 Å². The summed E-state index contributed by atoms with van der Waals surface area (Å²) in [7, 11) is 0. The quantitative estimate of drug-likeness (QED) is 0.234. The number of primary amides is 1. The van der Waals surface area contributed by atoms with Gasteiger partial charge in [0.05, 0.1) is 12.5 Å². The number of aromatic amines is 1. The van der Waals surface area contributed by atoms with Crippen molar-refractivity contribution in [3.05, 3.63) is 36.0 Å². The molecule has 200 valence electrons. The summed E-state index contributed by atoms with van der Waals surface area (Å²) < 4.78 is 0. The van der Waals surface area contributed by atoms with Crippen molar-refractivity contribution in [2.75, 3.05) is 6.54 Å². The lowest BCUT2D eigenvalue weighted by Gasteiger charge is -2.30. The van der Waals surface area contributed by atoms with Gasteiger partial charge in [0.25, 0.3) is 0 Å². The number of nitrogens with one attached hydrogen (secondary N) is 3. The van der Waals surface area contributed by atoms with Crippen LogP contribution in [0.2, 0.25) is 0 Å². The van der Waals surface area contributed by atoms with E-state index in [2.05, 4.69) is 15.6 Å². The van der Waals surface area contributed by atoms with Crippen LogP contribution in [-0.2, 0) is 30.4 Å². The molecule has 1 saturated heterocycles. The number of hydrogen-bond donors (Lipinski definition) is 6. The number of carbonyl (C=O) groups excluding carboxylic acids is 4. The molecule has 12 nitrogen and oxygen atoms in total. The lowest BCUT2D eigenvalue weighted by atomic mass is 10.0. The molecule has 1 fully saturated rings. The van der Waals surface area contributed by atoms with Crippen LogP contribution in [-0.4, -0.2) is 75.3 Å². The standard InChI is InChI=1S/C25H34N6O6/c1-13(2)21(25(36)37)30-23(34)19-8-5-9-31(19)24(35)18(11-20(27)32)29-22(33)16(26)10-14-12-28-17-7-4-3-6-15(14)17/h3-4,6-7,12-13,16,18-19,21,28H,5,8-11,26H2,1-2H3,(H2,27,32)(H,29,33)(H,30,34)(H,36,37). The Labute approximate surface area is 214 Å². The summed E-state index contributed by atoms with van der Waals surface area (Å²) in [5, 5.41) is 15.3. The maximum Gasteiger partial charge on any atom is 0.326 e. The van der Waals surface area contributed by atoms with Crippen LogP contribution in [0.5, 0.6) is 0 Å². The monoisotopic (exact) mass is 514 g/mol. The number of carboxylic acid groups (broad SMARTS) is 1. The molecule has 4 atom stereocenters. The molecule has 8 N–H and O–H groups in total. The number of hydrogen-bond acceptors (Lipinski definition) is 6. The zero-order valence-corrected chi connectivity index (χ0v) is 20.9. The molecule has 3 rings (SSSR count). The first kappa shape index (κ1) is 27.7. The van der Waals surface area contributed by atoms with Gasteiger partial charge in [-0.15, -0.1) is 0 Å². The number of fused-ring (bicyclic) bond motifs is 1. The highest BCUT2D eigenvalue weighted by atomic mass is 16.4. The van der Waals surface area contributed by atoms with Crippen LogP contribution in [0.15, 0.2) is 30.5 Å². The normalized spacial score (nSPS) is 17.8. The minimum absolute atomic E-state index is 0.188. The summed E-state index contributed by atoms with van der Waals surface area (Å²) in [6, 6.07) is 3.18. The molecule has 1 aromatic heterocycles. The average molecular weight is 515 g/mol. The SMILES string of the molecule is CC(C)C(NC(=O)C1CCCN1C(=O)C(CC(N)=O)NC(=O)C(N)Cc1c[nH]c2ccccc12)C(=O)O. The molecular weight excluding hydrogens is 480 g/mol. The second-order valence-corrected chi connectivity index (χ2v) is 9.66. The summed E-state index contributed by atoms with van der Waals surface area (Å²) in [4.78, 5) is 66.7. The van der Waals surface area contributed by atoms with Crippen LogP contribution in [0.3, 0.4) is 0 Å². The third kappa shape index (κ3) is 6.64. The van der Waals surface area contributed by atoms with E-state index in [1.807, 2.05) is 24.3 Å². The number of likely N-dealkylation sites (tertiary alicyclic amines) is 1. The summed E-state index contributed by atoms with van der Waals surface area (Å²) >= 11 is 0. The molecule has 0 radical (unpaired) electrons. The maximum atomic E-state index is 13.4.